The van der Waals surface area contributed by atoms with Crippen molar-refractivity contribution in [1.82, 2.24) is 9.97 Å². The van der Waals surface area contributed by atoms with E-state index in [9.17, 15) is 9.90 Å². The normalized spacial score (nSPS) is 10.3. The number of hydrogen-bond acceptors (Lipinski definition) is 6. The number of halogens is 2. The van der Waals surface area contributed by atoms with E-state index in [0.717, 1.165) is 4.90 Å². The number of nitrogens with one attached hydrogen (secondary N) is 1. The van der Waals surface area contributed by atoms with Gasteiger partial charge in [-0.2, -0.15) is 10.2 Å². The molecule has 1 aromatic heterocycles. The molecule has 30 heavy (non-hydrogen) atoms. The summed E-state index contributed by atoms with van der Waals surface area (Å²) in [5, 5.41) is 24.4. The van der Waals surface area contributed by atoms with Crippen molar-refractivity contribution >= 4 is 46.7 Å². The molecule has 0 aliphatic heterocycles. The van der Waals surface area contributed by atoms with Crippen LogP contribution >= 0.6 is 23.2 Å². The van der Waals surface area contributed by atoms with Crippen LogP contribution in [0.15, 0.2) is 48.5 Å². The van der Waals surface area contributed by atoms with E-state index >= 15 is 0 Å². The van der Waals surface area contributed by atoms with Gasteiger partial charge in [0.1, 0.15) is 11.9 Å². The van der Waals surface area contributed by atoms with Gasteiger partial charge in [-0.25, -0.2) is 4.98 Å². The molecule has 0 bridgehead atoms. The van der Waals surface area contributed by atoms with Crippen LogP contribution in [0.4, 0.5) is 22.2 Å². The van der Waals surface area contributed by atoms with Crippen molar-refractivity contribution in [2.45, 2.75) is 13.3 Å². The van der Waals surface area contributed by atoms with Gasteiger partial charge in [0.2, 0.25) is 5.95 Å². The zero-order valence-corrected chi connectivity index (χ0v) is 17.4. The molecule has 1 heterocycles. The number of rotatable bonds is 6. The number of anilines is 3. The van der Waals surface area contributed by atoms with E-state index in [-0.39, 0.29) is 24.7 Å². The van der Waals surface area contributed by atoms with Gasteiger partial charge in [-0.1, -0.05) is 29.3 Å². The minimum Gasteiger partial charge on any atom is -0.530 e. The molecule has 0 spiro atoms. The maximum absolute atomic E-state index is 11.5. The predicted molar refractivity (Wildman–Crippen MR) is 114 cm³/mol. The quantitative estimate of drug-likeness (QED) is 0.616. The highest BCUT2D eigenvalue weighted by atomic mass is 35.5. The molecule has 0 unspecified atom stereocenters. The number of nitrogens with zero attached hydrogens (tertiary/aromatic N) is 4. The third-order valence-corrected chi connectivity index (χ3v) is 4.98. The third kappa shape index (κ3) is 4.98. The molecule has 2 aromatic carbocycles. The number of carboxylic acid groups (broad SMARTS) is 1. The molecule has 0 aliphatic carbocycles. The number of nitriles is 1. The summed E-state index contributed by atoms with van der Waals surface area (Å²) in [5.74, 6) is 0.358. The molecule has 0 atom stereocenters. The topological polar surface area (TPSA) is 105 Å². The Bertz CT molecular complexity index is 1090. The summed E-state index contributed by atoms with van der Waals surface area (Å²) in [7, 11) is 0. The van der Waals surface area contributed by atoms with Gasteiger partial charge in [-0.15, -0.1) is 0 Å². The molecule has 1 amide bonds. The summed E-state index contributed by atoms with van der Waals surface area (Å²) in [6.07, 6.45) is -1.09. The molecule has 1 N–H and O–H groups in total. The van der Waals surface area contributed by atoms with E-state index in [1.54, 1.807) is 55.5 Å². The molecule has 0 saturated heterocycles. The summed E-state index contributed by atoms with van der Waals surface area (Å²) >= 11 is 12.5. The predicted octanol–water partition coefficient (Wildman–Crippen LogP) is 4.16. The zero-order chi connectivity index (χ0) is 21.7. The summed E-state index contributed by atoms with van der Waals surface area (Å²) in [5.41, 5.74) is 2.35. The van der Waals surface area contributed by atoms with Crippen LogP contribution < -0.4 is 15.3 Å². The number of carbonyl (C=O) groups excluding carboxylic acids is 1. The first-order valence-electron chi connectivity index (χ1n) is 8.97. The average Bonchev–Trinajstić information content (AvgIpc) is 2.71. The van der Waals surface area contributed by atoms with E-state index < -0.39 is 6.09 Å². The monoisotopic (exact) mass is 440 g/mol. The second kappa shape index (κ2) is 9.44. The Morgan fingerprint density at radius 2 is 1.83 bits per heavy atom. The van der Waals surface area contributed by atoms with Crippen molar-refractivity contribution in [3.8, 4) is 6.07 Å². The fraction of sp³-hybridized carbons (Fsp3) is 0.143. The van der Waals surface area contributed by atoms with Gasteiger partial charge in [-0.05, 0) is 48.9 Å². The van der Waals surface area contributed by atoms with Crippen molar-refractivity contribution in [2.24, 2.45) is 0 Å². The largest absolute Gasteiger partial charge is 0.530 e. The Hall–Kier alpha value is -3.34. The maximum Gasteiger partial charge on any atom is 0.229 e. The van der Waals surface area contributed by atoms with Crippen LogP contribution in [0.3, 0.4) is 0 Å². The van der Waals surface area contributed by atoms with Crippen LogP contribution in [0.25, 0.3) is 0 Å². The standard InChI is InChI=1S/C21H17Cl2N5O2/c1-2-28(21(29)30)19-11-15(10-16-17(22)4-3-5-18(16)23)26-20(27-19)25-14-8-6-13(12-24)7-9-14/h3-9,11H,2,10H2,1H3,(H,29,30)(H,25,26,27)/p-1. The Labute approximate surface area is 183 Å². The first-order valence-corrected chi connectivity index (χ1v) is 9.73. The lowest BCUT2D eigenvalue weighted by atomic mass is 10.1. The lowest BCUT2D eigenvalue weighted by Gasteiger charge is -2.23. The molecule has 0 radical (unpaired) electrons. The summed E-state index contributed by atoms with van der Waals surface area (Å²) in [6.45, 7) is 1.83. The minimum absolute atomic E-state index is 0.155. The number of carbonyl (C=O) groups is 1. The first kappa shape index (κ1) is 21.4. The van der Waals surface area contributed by atoms with E-state index in [1.165, 1.54) is 0 Å². The third-order valence-electron chi connectivity index (χ3n) is 4.27. The Morgan fingerprint density at radius 3 is 2.40 bits per heavy atom. The highest BCUT2D eigenvalue weighted by Gasteiger charge is 2.14. The van der Waals surface area contributed by atoms with Crippen LogP contribution in [0.2, 0.25) is 10.0 Å². The molecule has 0 aliphatic rings. The Morgan fingerprint density at radius 1 is 1.17 bits per heavy atom. The van der Waals surface area contributed by atoms with Gasteiger partial charge in [0.05, 0.1) is 17.3 Å². The fourth-order valence-electron chi connectivity index (χ4n) is 2.79. The molecule has 7 nitrogen and oxygen atoms in total. The molecular formula is C21H16Cl2N5O2-. The van der Waals surface area contributed by atoms with E-state index in [1.807, 2.05) is 6.07 Å². The van der Waals surface area contributed by atoms with Gasteiger partial charge in [0.25, 0.3) is 0 Å². The number of amides is 1. The Kier molecular flexibility index (Phi) is 6.72. The summed E-state index contributed by atoms with van der Waals surface area (Å²) < 4.78 is 0. The van der Waals surface area contributed by atoms with Gasteiger partial charge < -0.3 is 20.1 Å². The molecule has 3 aromatic rings. The van der Waals surface area contributed by atoms with E-state index in [4.69, 9.17) is 28.5 Å². The van der Waals surface area contributed by atoms with Gasteiger partial charge in [0.15, 0.2) is 0 Å². The van der Waals surface area contributed by atoms with Crippen LogP contribution in [-0.2, 0) is 6.42 Å². The number of hydrogen-bond donors (Lipinski definition) is 1. The van der Waals surface area contributed by atoms with Crippen molar-refractivity contribution in [2.75, 3.05) is 16.8 Å². The molecular weight excluding hydrogens is 425 g/mol. The lowest BCUT2D eigenvalue weighted by Crippen LogP contribution is -2.41. The molecule has 3 rings (SSSR count). The van der Waals surface area contributed by atoms with Crippen molar-refractivity contribution in [1.29, 1.82) is 5.26 Å². The van der Waals surface area contributed by atoms with Crippen LogP contribution in [0, 0.1) is 11.3 Å². The second-order valence-electron chi connectivity index (χ2n) is 6.24. The lowest BCUT2D eigenvalue weighted by molar-refractivity contribution is -0.246. The average molecular weight is 441 g/mol. The van der Waals surface area contributed by atoms with Gasteiger partial charge in [-0.3, -0.25) is 0 Å². The second-order valence-corrected chi connectivity index (χ2v) is 7.06. The highest BCUT2D eigenvalue weighted by Crippen LogP contribution is 2.28. The molecule has 0 saturated carbocycles. The van der Waals surface area contributed by atoms with Gasteiger partial charge in [0, 0.05) is 34.8 Å². The smallest absolute Gasteiger partial charge is 0.229 e. The first-order chi connectivity index (χ1) is 14.4. The number of benzene rings is 2. The minimum atomic E-state index is -1.37. The van der Waals surface area contributed by atoms with Crippen LogP contribution in [-0.4, -0.2) is 22.6 Å². The maximum atomic E-state index is 11.5. The van der Waals surface area contributed by atoms with Crippen LogP contribution in [0.5, 0.6) is 0 Å². The highest BCUT2D eigenvalue weighted by molar-refractivity contribution is 6.36. The fourth-order valence-corrected chi connectivity index (χ4v) is 3.32. The zero-order valence-electron chi connectivity index (χ0n) is 15.9. The van der Waals surface area contributed by atoms with Crippen LogP contribution in [0.1, 0.15) is 23.7 Å². The summed E-state index contributed by atoms with van der Waals surface area (Å²) in [4.78, 5) is 21.3. The summed E-state index contributed by atoms with van der Waals surface area (Å²) in [6, 6.07) is 15.5. The number of aromatic nitrogens is 2. The van der Waals surface area contributed by atoms with Crippen molar-refractivity contribution in [3.63, 3.8) is 0 Å². The van der Waals surface area contributed by atoms with Crippen molar-refractivity contribution < 1.29 is 9.90 Å². The molecule has 0 fully saturated rings. The SMILES string of the molecule is CCN(C(=O)[O-])c1cc(Cc2c(Cl)cccc2Cl)nc(Nc2ccc(C#N)cc2)n1. The Balaban J connectivity index is 2.01. The molecule has 152 valence electrons. The van der Waals surface area contributed by atoms with Gasteiger partial charge >= 0.3 is 0 Å². The van der Waals surface area contributed by atoms with Crippen molar-refractivity contribution in [3.05, 3.63) is 75.4 Å². The van der Waals surface area contributed by atoms with E-state index in [2.05, 4.69) is 15.3 Å². The molecule has 9 heteroatoms. The van der Waals surface area contributed by atoms with E-state index in [0.29, 0.717) is 32.6 Å².